The monoisotopic (exact) mass is 506 g/mol. The Morgan fingerprint density at radius 2 is 1.82 bits per heavy atom. The van der Waals surface area contributed by atoms with Crippen molar-refractivity contribution in [2.45, 2.75) is 68.1 Å². The van der Waals surface area contributed by atoms with E-state index in [0.717, 1.165) is 29.7 Å². The Morgan fingerprint density at radius 1 is 1.15 bits per heavy atom. The predicted octanol–water partition coefficient (Wildman–Crippen LogP) is 4.18. The minimum atomic E-state index is -3.29. The Morgan fingerprint density at radius 3 is 2.44 bits per heavy atom. The van der Waals surface area contributed by atoms with Crippen molar-refractivity contribution in [1.82, 2.24) is 4.98 Å². The summed E-state index contributed by atoms with van der Waals surface area (Å²) in [5.41, 5.74) is 0.916. The van der Waals surface area contributed by atoms with Crippen LogP contribution in [0.15, 0.2) is 34.5 Å². The summed E-state index contributed by atoms with van der Waals surface area (Å²) in [6.07, 6.45) is 3.53. The highest BCUT2D eigenvalue weighted by Gasteiger charge is 2.37. The quantitative estimate of drug-likeness (QED) is 0.508. The number of thiazole rings is 1. The van der Waals surface area contributed by atoms with Gasteiger partial charge in [0, 0.05) is 18.6 Å². The lowest BCUT2D eigenvalue weighted by molar-refractivity contribution is -0.118. The molecule has 1 aliphatic carbocycles. The second-order valence-corrected chi connectivity index (χ2v) is 12.2. The summed E-state index contributed by atoms with van der Waals surface area (Å²) in [7, 11) is -3.29. The maximum absolute atomic E-state index is 13.3. The molecule has 8 nitrogen and oxygen atoms in total. The van der Waals surface area contributed by atoms with Gasteiger partial charge in [0.1, 0.15) is 0 Å². The van der Waals surface area contributed by atoms with E-state index in [1.807, 2.05) is 0 Å². The van der Waals surface area contributed by atoms with Crippen LogP contribution in [0, 0.1) is 5.92 Å². The third-order valence-electron chi connectivity index (χ3n) is 6.09. The zero-order valence-electron chi connectivity index (χ0n) is 19.4. The predicted molar refractivity (Wildman–Crippen MR) is 129 cm³/mol. The molecule has 2 fully saturated rings. The molecule has 184 valence electrons. The highest BCUT2D eigenvalue weighted by atomic mass is 32.2. The van der Waals surface area contributed by atoms with Crippen molar-refractivity contribution in [1.29, 1.82) is 0 Å². The van der Waals surface area contributed by atoms with Gasteiger partial charge < -0.3 is 14.8 Å². The molecule has 2 aromatic rings. The summed E-state index contributed by atoms with van der Waals surface area (Å²) in [6.45, 7) is 4.86. The van der Waals surface area contributed by atoms with E-state index in [4.69, 9.17) is 9.47 Å². The fraction of sp³-hybridized carbons (Fsp3) is 0.542. The van der Waals surface area contributed by atoms with E-state index >= 15 is 0 Å². The van der Waals surface area contributed by atoms with E-state index in [0.29, 0.717) is 48.4 Å². The molecule has 1 saturated carbocycles. The van der Waals surface area contributed by atoms with Gasteiger partial charge in [0.2, 0.25) is 5.91 Å². The van der Waals surface area contributed by atoms with Gasteiger partial charge in [-0.25, -0.2) is 18.2 Å². The van der Waals surface area contributed by atoms with Crippen molar-refractivity contribution in [2.24, 2.45) is 5.92 Å². The SMILES string of the molecule is CC(C)OC(=O)c1csc(NC(=O)[C@H](CC2CCOCC2)c2ccc(S(=O)(=O)C3CC3)cc2)n1. The molecule has 1 aromatic carbocycles. The summed E-state index contributed by atoms with van der Waals surface area (Å²) < 4.78 is 35.7. The number of sulfone groups is 1. The molecule has 1 aromatic heterocycles. The molecule has 2 aliphatic rings. The maximum Gasteiger partial charge on any atom is 0.358 e. The lowest BCUT2D eigenvalue weighted by Crippen LogP contribution is -2.26. The van der Waals surface area contributed by atoms with Gasteiger partial charge in [-0.15, -0.1) is 11.3 Å². The largest absolute Gasteiger partial charge is 0.458 e. The molecular formula is C24H30N2O6S2. The number of anilines is 1. The van der Waals surface area contributed by atoms with Gasteiger partial charge >= 0.3 is 5.97 Å². The minimum Gasteiger partial charge on any atom is -0.458 e. The average Bonchev–Trinajstić information content (AvgIpc) is 3.58. The van der Waals surface area contributed by atoms with Crippen LogP contribution in [0.2, 0.25) is 0 Å². The Bertz CT molecular complexity index is 1120. The molecule has 0 spiro atoms. The van der Waals surface area contributed by atoms with Gasteiger partial charge in [-0.3, -0.25) is 4.79 Å². The standard InChI is InChI=1S/C24H30N2O6S2/c1-15(2)32-23(28)21-14-33-24(25-21)26-22(27)20(13-16-9-11-31-12-10-16)17-3-5-18(6-4-17)34(29,30)19-7-8-19/h3-6,14-16,19-20H,7-13H2,1-2H3,(H,25,26,27)/t20-/m1/s1. The lowest BCUT2D eigenvalue weighted by Gasteiger charge is -2.26. The van der Waals surface area contributed by atoms with Crippen LogP contribution in [-0.2, 0) is 24.1 Å². The van der Waals surface area contributed by atoms with Crippen LogP contribution in [0.5, 0.6) is 0 Å². The molecule has 10 heteroatoms. The number of amides is 1. The number of hydrogen-bond acceptors (Lipinski definition) is 8. The Kier molecular flexibility index (Phi) is 7.69. The number of carbonyl (C=O) groups excluding carboxylic acids is 2. The molecular weight excluding hydrogens is 476 g/mol. The summed E-state index contributed by atoms with van der Waals surface area (Å²) in [6, 6.07) is 6.70. The van der Waals surface area contributed by atoms with Crippen LogP contribution in [0.3, 0.4) is 0 Å². The number of ether oxygens (including phenoxy) is 2. The number of rotatable bonds is 9. The van der Waals surface area contributed by atoms with Crippen molar-refractivity contribution >= 4 is 38.2 Å². The van der Waals surface area contributed by atoms with Crippen molar-refractivity contribution in [3.63, 3.8) is 0 Å². The van der Waals surface area contributed by atoms with Gasteiger partial charge in [-0.05, 0) is 69.6 Å². The number of hydrogen-bond donors (Lipinski definition) is 1. The first-order chi connectivity index (χ1) is 16.2. The van der Waals surface area contributed by atoms with Crippen molar-refractivity contribution in [3.8, 4) is 0 Å². The molecule has 4 rings (SSSR count). The Balaban J connectivity index is 1.52. The number of benzene rings is 1. The summed E-state index contributed by atoms with van der Waals surface area (Å²) in [5.74, 6) is -0.914. The molecule has 2 heterocycles. The lowest BCUT2D eigenvalue weighted by atomic mass is 9.84. The number of esters is 1. The first-order valence-electron chi connectivity index (χ1n) is 11.6. The first kappa shape index (κ1) is 24.8. The van der Waals surface area contributed by atoms with Crippen molar-refractivity contribution < 1.29 is 27.5 Å². The van der Waals surface area contributed by atoms with Crippen LogP contribution >= 0.6 is 11.3 Å². The minimum absolute atomic E-state index is 0.157. The van der Waals surface area contributed by atoms with Gasteiger partial charge in [0.15, 0.2) is 20.7 Å². The van der Waals surface area contributed by atoms with E-state index in [1.54, 1.807) is 43.5 Å². The second kappa shape index (κ2) is 10.5. The fourth-order valence-electron chi connectivity index (χ4n) is 4.06. The van der Waals surface area contributed by atoms with Crippen molar-refractivity contribution in [2.75, 3.05) is 18.5 Å². The van der Waals surface area contributed by atoms with Crippen LogP contribution in [-0.4, -0.2) is 49.8 Å². The van der Waals surface area contributed by atoms with Gasteiger partial charge in [0.05, 0.1) is 22.2 Å². The van der Waals surface area contributed by atoms with Gasteiger partial charge in [0.25, 0.3) is 0 Å². The topological polar surface area (TPSA) is 112 Å². The molecule has 34 heavy (non-hydrogen) atoms. The molecule has 1 saturated heterocycles. The van der Waals surface area contributed by atoms with Crippen LogP contribution in [0.1, 0.15) is 67.9 Å². The van der Waals surface area contributed by atoms with E-state index in [1.165, 1.54) is 0 Å². The zero-order chi connectivity index (χ0) is 24.3. The maximum atomic E-state index is 13.3. The van der Waals surface area contributed by atoms with Crippen LogP contribution < -0.4 is 5.32 Å². The molecule has 1 amide bonds. The van der Waals surface area contributed by atoms with Crippen molar-refractivity contribution in [3.05, 3.63) is 40.9 Å². The number of nitrogens with zero attached hydrogens (tertiary/aromatic N) is 1. The normalized spacial score (nSPS) is 18.0. The van der Waals surface area contributed by atoms with Crippen LogP contribution in [0.4, 0.5) is 5.13 Å². The Labute approximate surface area is 204 Å². The number of aromatic nitrogens is 1. The highest BCUT2D eigenvalue weighted by Crippen LogP contribution is 2.35. The van der Waals surface area contributed by atoms with E-state index in [9.17, 15) is 18.0 Å². The van der Waals surface area contributed by atoms with E-state index < -0.39 is 21.7 Å². The summed E-state index contributed by atoms with van der Waals surface area (Å²) in [5, 5.41) is 4.45. The third-order valence-corrected chi connectivity index (χ3v) is 9.12. The molecule has 1 atom stereocenters. The highest BCUT2D eigenvalue weighted by molar-refractivity contribution is 7.92. The van der Waals surface area contributed by atoms with Gasteiger partial charge in [-0.1, -0.05) is 12.1 Å². The second-order valence-electron chi connectivity index (χ2n) is 9.14. The summed E-state index contributed by atoms with van der Waals surface area (Å²) in [4.78, 5) is 29.9. The Hall–Kier alpha value is -2.30. The molecule has 0 unspecified atom stereocenters. The van der Waals surface area contributed by atoms with E-state index in [-0.39, 0.29) is 23.0 Å². The van der Waals surface area contributed by atoms with E-state index in [2.05, 4.69) is 10.3 Å². The average molecular weight is 507 g/mol. The third kappa shape index (κ3) is 6.03. The molecule has 0 radical (unpaired) electrons. The number of carbonyl (C=O) groups is 2. The van der Waals surface area contributed by atoms with Crippen LogP contribution in [0.25, 0.3) is 0 Å². The first-order valence-corrected chi connectivity index (χ1v) is 14.1. The summed E-state index contributed by atoms with van der Waals surface area (Å²) >= 11 is 1.16. The molecule has 1 N–H and O–H groups in total. The smallest absolute Gasteiger partial charge is 0.358 e. The molecule has 0 bridgehead atoms. The fourth-order valence-corrected chi connectivity index (χ4v) is 6.40. The molecule has 1 aliphatic heterocycles. The van der Waals surface area contributed by atoms with Gasteiger partial charge in [-0.2, -0.15) is 0 Å². The zero-order valence-corrected chi connectivity index (χ0v) is 21.0. The number of nitrogens with one attached hydrogen (secondary N) is 1.